The third kappa shape index (κ3) is 10.6. The minimum Gasteiger partial charge on any atom is -0.492 e. The van der Waals surface area contributed by atoms with Gasteiger partial charge in [0.25, 0.3) is 0 Å². The first-order chi connectivity index (χ1) is 30.4. The molecule has 2 aromatic heterocycles. The highest BCUT2D eigenvalue weighted by Crippen LogP contribution is 2.52. The van der Waals surface area contributed by atoms with E-state index >= 15 is 0 Å². The third-order valence-electron chi connectivity index (χ3n) is 13.4. The molecule has 1 unspecified atom stereocenters. The molecule has 5 aliphatic rings. The Hall–Kier alpha value is -5.16. The van der Waals surface area contributed by atoms with Crippen molar-refractivity contribution in [1.82, 2.24) is 35.2 Å². The summed E-state index contributed by atoms with van der Waals surface area (Å²) < 4.78 is 26.0. The summed E-state index contributed by atoms with van der Waals surface area (Å²) in [5.74, 6) is 1.13. The van der Waals surface area contributed by atoms with Gasteiger partial charge in [-0.2, -0.15) is 0 Å². The SMILES string of the molecule is CCCCCC[C@H](NC(=O)O[C@@H]1C[C@@H]2C[C@@H]2C1)C(=O)N1C[C@H](Oc2cc(-n3ccc(NC(C)C)n3)nc3cc(OCCN4CCOCC4)ccc23)C[C@H]1C(=O)N[C@]1(C(=O)O)CC1C. The summed E-state index contributed by atoms with van der Waals surface area (Å²) in [4.78, 5) is 63.5. The second kappa shape index (κ2) is 19.3. The lowest BCUT2D eigenvalue weighted by atomic mass is 10.1. The van der Waals surface area contributed by atoms with Gasteiger partial charge in [0.05, 0.1) is 25.3 Å². The first-order valence-corrected chi connectivity index (χ1v) is 23.1. The van der Waals surface area contributed by atoms with E-state index in [1.54, 1.807) is 17.7 Å². The van der Waals surface area contributed by atoms with Crippen LogP contribution in [0.1, 0.15) is 91.9 Å². The average molecular weight is 873 g/mol. The lowest BCUT2D eigenvalue weighted by Crippen LogP contribution is -2.56. The van der Waals surface area contributed by atoms with Gasteiger partial charge in [0.1, 0.15) is 53.8 Å². The van der Waals surface area contributed by atoms with Gasteiger partial charge < -0.3 is 44.9 Å². The summed E-state index contributed by atoms with van der Waals surface area (Å²) in [6, 6.07) is 7.45. The van der Waals surface area contributed by atoms with E-state index in [0.29, 0.717) is 78.5 Å². The number of benzene rings is 1. The fraction of sp³-hybridized carbons (Fsp3) is 0.652. The van der Waals surface area contributed by atoms with E-state index in [1.165, 1.54) is 11.3 Å². The van der Waals surface area contributed by atoms with Crippen molar-refractivity contribution in [2.24, 2.45) is 17.8 Å². The molecule has 4 heterocycles. The maximum Gasteiger partial charge on any atom is 0.408 e. The van der Waals surface area contributed by atoms with Crippen molar-refractivity contribution in [2.75, 3.05) is 51.3 Å². The van der Waals surface area contributed by atoms with Gasteiger partial charge >= 0.3 is 12.1 Å². The quantitative estimate of drug-likeness (QED) is 0.109. The highest BCUT2D eigenvalue weighted by Gasteiger charge is 2.60. The lowest BCUT2D eigenvalue weighted by molar-refractivity contribution is -0.145. The van der Waals surface area contributed by atoms with Gasteiger partial charge in [-0.3, -0.25) is 14.5 Å². The van der Waals surface area contributed by atoms with Gasteiger partial charge in [0, 0.05) is 61.9 Å². The standard InChI is InChI=1S/C46H64N8O9/c1-5-6-7-8-9-36(49-45(59)63-33-21-30-20-31(30)22-33)43(56)53-27-34(24-38(53)42(55)50-46(44(57)58)26-29(46)4)62-39-25-41(54-13-12-40(51-54)47-28(2)3)48-37-23-32(10-11-35(37)39)61-19-16-52-14-17-60-18-15-52/h10-13,23,25,28-31,33-34,36,38H,5-9,14-22,24,26-27H2,1-4H3,(H,47,51)(H,49,59)(H,50,55)(H,57,58)/t29?,30-,31+,33+,34-,36+,38+,46-/m1/s1. The maximum absolute atomic E-state index is 14.7. The minimum absolute atomic E-state index is 0.0207. The number of alkyl carbamates (subject to hydrolysis) is 1. The molecule has 8 atom stereocenters. The third-order valence-corrected chi connectivity index (χ3v) is 13.4. The zero-order valence-corrected chi connectivity index (χ0v) is 37.1. The molecule has 17 heteroatoms. The van der Waals surface area contributed by atoms with E-state index in [0.717, 1.165) is 51.7 Å². The highest BCUT2D eigenvalue weighted by molar-refractivity contribution is 5.96. The van der Waals surface area contributed by atoms with E-state index in [2.05, 4.69) is 27.8 Å². The van der Waals surface area contributed by atoms with E-state index < -0.39 is 47.6 Å². The zero-order chi connectivity index (χ0) is 44.3. The zero-order valence-electron chi connectivity index (χ0n) is 37.1. The highest BCUT2D eigenvalue weighted by atomic mass is 16.6. The molecule has 0 radical (unpaired) electrons. The number of carbonyl (C=O) groups is 4. The summed E-state index contributed by atoms with van der Waals surface area (Å²) in [5.41, 5.74) is -0.805. The Bertz CT molecular complexity index is 2120. The number of ether oxygens (including phenoxy) is 4. The molecule has 0 bridgehead atoms. The van der Waals surface area contributed by atoms with Crippen LogP contribution in [0.5, 0.6) is 11.5 Å². The van der Waals surface area contributed by atoms with Crippen molar-refractivity contribution in [3.8, 4) is 17.3 Å². The number of rotatable bonds is 20. The van der Waals surface area contributed by atoms with Gasteiger partial charge in [-0.1, -0.05) is 39.5 Å². The van der Waals surface area contributed by atoms with Crippen molar-refractivity contribution in [3.05, 3.63) is 36.5 Å². The van der Waals surface area contributed by atoms with Gasteiger partial charge in [-0.05, 0) is 75.8 Å². The predicted octanol–water partition coefficient (Wildman–Crippen LogP) is 5.14. The maximum atomic E-state index is 14.7. The number of anilines is 1. The Labute approximate surface area is 368 Å². The molecule has 3 aliphatic carbocycles. The van der Waals surface area contributed by atoms with E-state index in [1.807, 2.05) is 44.3 Å². The second-order valence-corrected chi connectivity index (χ2v) is 18.6. The molecule has 0 spiro atoms. The van der Waals surface area contributed by atoms with E-state index in [-0.39, 0.29) is 37.5 Å². The fourth-order valence-electron chi connectivity index (χ4n) is 9.53. The number of carboxylic acid groups (broad SMARTS) is 1. The Balaban J connectivity index is 1.06. The molecule has 2 saturated heterocycles. The number of likely N-dealkylation sites (tertiary alicyclic amines) is 1. The summed E-state index contributed by atoms with van der Waals surface area (Å²) in [6.07, 6.45) is 7.49. The van der Waals surface area contributed by atoms with Crippen LogP contribution in [0.15, 0.2) is 36.5 Å². The van der Waals surface area contributed by atoms with Crippen molar-refractivity contribution in [3.63, 3.8) is 0 Å². The Kier molecular flexibility index (Phi) is 13.6. The van der Waals surface area contributed by atoms with Gasteiger partial charge in [0.15, 0.2) is 5.82 Å². The van der Waals surface area contributed by atoms with Crippen LogP contribution < -0.4 is 25.4 Å². The molecule has 5 fully saturated rings. The number of nitrogens with zero attached hydrogens (tertiary/aromatic N) is 5. The molecule has 2 aliphatic heterocycles. The Morgan fingerprint density at radius 1 is 1.00 bits per heavy atom. The first-order valence-electron chi connectivity index (χ1n) is 23.1. The van der Waals surface area contributed by atoms with Crippen LogP contribution in [0.3, 0.4) is 0 Å². The largest absolute Gasteiger partial charge is 0.492 e. The summed E-state index contributed by atoms with van der Waals surface area (Å²) in [7, 11) is 0. The molecule has 3 saturated carbocycles. The molecule has 17 nitrogen and oxygen atoms in total. The minimum atomic E-state index is -1.40. The van der Waals surface area contributed by atoms with Gasteiger partial charge in [-0.15, -0.1) is 5.10 Å². The van der Waals surface area contributed by atoms with Crippen LogP contribution in [-0.2, 0) is 23.9 Å². The number of hydrogen-bond donors (Lipinski definition) is 4. The van der Waals surface area contributed by atoms with Crippen LogP contribution in [0.25, 0.3) is 16.7 Å². The van der Waals surface area contributed by atoms with Crippen LogP contribution >= 0.6 is 0 Å². The number of aromatic nitrogens is 3. The number of pyridine rings is 1. The van der Waals surface area contributed by atoms with Crippen molar-refractivity contribution in [2.45, 2.75) is 128 Å². The summed E-state index contributed by atoms with van der Waals surface area (Å²) in [6.45, 7) is 12.4. The number of nitrogens with one attached hydrogen (secondary N) is 3. The number of carbonyl (C=O) groups excluding carboxylic acids is 3. The normalized spacial score (nSPS) is 26.8. The van der Waals surface area contributed by atoms with Crippen LogP contribution in [0, 0.1) is 17.8 Å². The monoisotopic (exact) mass is 872 g/mol. The molecular formula is C46H64N8O9. The molecule has 342 valence electrons. The molecule has 3 aromatic rings. The van der Waals surface area contributed by atoms with Gasteiger partial charge in [0.2, 0.25) is 11.8 Å². The number of aliphatic carboxylic acids is 1. The topological polar surface area (TPSA) is 199 Å². The number of morpholine rings is 1. The fourth-order valence-corrected chi connectivity index (χ4v) is 9.53. The van der Waals surface area contributed by atoms with Crippen molar-refractivity contribution < 1.29 is 43.2 Å². The molecule has 1 aromatic carbocycles. The molecular weight excluding hydrogens is 809 g/mol. The Morgan fingerprint density at radius 3 is 2.49 bits per heavy atom. The second-order valence-electron chi connectivity index (χ2n) is 18.6. The van der Waals surface area contributed by atoms with Gasteiger partial charge in [-0.25, -0.2) is 19.3 Å². The van der Waals surface area contributed by atoms with Crippen molar-refractivity contribution in [1.29, 1.82) is 0 Å². The molecule has 8 rings (SSSR count). The number of fused-ring (bicyclic) bond motifs is 2. The number of carboxylic acids is 1. The predicted molar refractivity (Wildman–Crippen MR) is 234 cm³/mol. The van der Waals surface area contributed by atoms with E-state index in [4.69, 9.17) is 29.0 Å². The number of hydrogen-bond acceptors (Lipinski definition) is 12. The number of amides is 3. The van der Waals surface area contributed by atoms with Crippen LogP contribution in [0.4, 0.5) is 10.6 Å². The van der Waals surface area contributed by atoms with Crippen molar-refractivity contribution >= 4 is 40.6 Å². The summed E-state index contributed by atoms with van der Waals surface area (Å²) in [5, 5.41) is 24.5. The molecule has 63 heavy (non-hydrogen) atoms. The smallest absolute Gasteiger partial charge is 0.408 e. The molecule has 4 N–H and O–H groups in total. The van der Waals surface area contributed by atoms with Crippen LogP contribution in [0.2, 0.25) is 0 Å². The van der Waals surface area contributed by atoms with Crippen LogP contribution in [-0.4, -0.2) is 135 Å². The first kappa shape index (κ1) is 44.4. The Morgan fingerprint density at radius 2 is 1.78 bits per heavy atom. The molecule has 3 amide bonds. The van der Waals surface area contributed by atoms with E-state index in [9.17, 15) is 24.3 Å². The number of unbranched alkanes of at least 4 members (excludes halogenated alkanes) is 3. The summed E-state index contributed by atoms with van der Waals surface area (Å²) >= 11 is 0. The average Bonchev–Trinajstić information content (AvgIpc) is 3.86. The lowest BCUT2D eigenvalue weighted by Gasteiger charge is -2.29.